The Morgan fingerprint density at radius 2 is 1.82 bits per heavy atom. The fourth-order valence-corrected chi connectivity index (χ4v) is 6.74. The molecule has 1 amide bonds. The Kier molecular flexibility index (Phi) is 7.75. The maximum atomic E-state index is 13.3. The largest absolute Gasteiger partial charge is 0.494 e. The molecule has 2 aromatic carbocycles. The van der Waals surface area contributed by atoms with E-state index in [0.29, 0.717) is 12.4 Å². The summed E-state index contributed by atoms with van der Waals surface area (Å²) in [5, 5.41) is 9.15. The number of hydrogen-bond donors (Lipinski definition) is 2. The van der Waals surface area contributed by atoms with Gasteiger partial charge in [0, 0.05) is 32.0 Å². The predicted octanol–water partition coefficient (Wildman–Crippen LogP) is 3.13. The van der Waals surface area contributed by atoms with Crippen molar-refractivity contribution in [2.45, 2.75) is 48.2 Å². The summed E-state index contributed by atoms with van der Waals surface area (Å²) >= 11 is 0. The van der Waals surface area contributed by atoms with Crippen molar-refractivity contribution in [3.05, 3.63) is 54.1 Å². The first-order valence-corrected chi connectivity index (χ1v) is 13.3. The Hall–Kier alpha value is -2.62. The van der Waals surface area contributed by atoms with Crippen LogP contribution in [0.5, 0.6) is 5.75 Å². The van der Waals surface area contributed by atoms with Gasteiger partial charge in [-0.2, -0.15) is 0 Å². The molecule has 0 atom stereocenters. The van der Waals surface area contributed by atoms with Crippen LogP contribution in [0.2, 0.25) is 0 Å². The second kappa shape index (κ2) is 10.8. The average molecular weight is 489 g/mol. The molecule has 0 spiro atoms. The van der Waals surface area contributed by atoms with E-state index in [-0.39, 0.29) is 31.0 Å². The van der Waals surface area contributed by atoms with Crippen molar-refractivity contribution >= 4 is 21.4 Å². The van der Waals surface area contributed by atoms with Crippen molar-refractivity contribution < 1.29 is 27.9 Å². The second-order valence-electron chi connectivity index (χ2n) is 8.80. The van der Waals surface area contributed by atoms with Crippen molar-refractivity contribution in [1.29, 1.82) is 0 Å². The molecule has 1 fully saturated rings. The Morgan fingerprint density at radius 1 is 1.09 bits per heavy atom. The lowest BCUT2D eigenvalue weighted by Gasteiger charge is -2.34. The fraction of sp³-hybridized carbons (Fsp3) is 0.480. The standard InChI is InChI=1S/C25H32N2O6S/c28-24(26-29)25(13-18-32-19-14-25)34(30,31)22-11-9-21(10-12-22)33-17-4-3-15-27-16-5-7-20-6-1-2-8-23(20)27/h1-2,6,8-12,29H,3-5,7,13-19H2,(H,26,28). The zero-order valence-electron chi connectivity index (χ0n) is 19.2. The molecule has 0 aliphatic carbocycles. The quantitative estimate of drug-likeness (QED) is 0.317. The summed E-state index contributed by atoms with van der Waals surface area (Å²) in [7, 11) is -4.03. The number of ether oxygens (including phenoxy) is 2. The van der Waals surface area contributed by atoms with E-state index in [9.17, 15) is 13.2 Å². The van der Waals surface area contributed by atoms with Gasteiger partial charge in [0.2, 0.25) is 0 Å². The van der Waals surface area contributed by atoms with Crippen LogP contribution in [0.25, 0.3) is 0 Å². The number of carbonyl (C=O) groups is 1. The minimum Gasteiger partial charge on any atom is -0.494 e. The molecule has 0 saturated carbocycles. The van der Waals surface area contributed by atoms with Crippen LogP contribution in [0, 0.1) is 0 Å². The van der Waals surface area contributed by atoms with Gasteiger partial charge in [-0.05, 0) is 74.4 Å². The summed E-state index contributed by atoms with van der Waals surface area (Å²) < 4.78 is 35.9. The molecule has 2 heterocycles. The number of fused-ring (bicyclic) bond motifs is 1. The Labute approximate surface area is 200 Å². The number of nitrogens with zero attached hydrogens (tertiary/aromatic N) is 1. The first kappa shape index (κ1) is 24.5. The van der Waals surface area contributed by atoms with Gasteiger partial charge in [0.15, 0.2) is 14.6 Å². The number of nitrogens with one attached hydrogen (secondary N) is 1. The van der Waals surface area contributed by atoms with Crippen LogP contribution in [0.3, 0.4) is 0 Å². The Balaban J connectivity index is 1.31. The normalized spacial score (nSPS) is 17.6. The molecule has 0 unspecified atom stereocenters. The summed E-state index contributed by atoms with van der Waals surface area (Å²) in [6, 6.07) is 14.7. The van der Waals surface area contributed by atoms with Crippen molar-refractivity contribution in [2.24, 2.45) is 0 Å². The monoisotopic (exact) mass is 488 g/mol. The van der Waals surface area contributed by atoms with Gasteiger partial charge in [-0.25, -0.2) is 13.9 Å². The summed E-state index contributed by atoms with van der Waals surface area (Å²) in [6.07, 6.45) is 4.18. The van der Waals surface area contributed by atoms with E-state index >= 15 is 0 Å². The lowest BCUT2D eigenvalue weighted by atomic mass is 9.98. The molecule has 1 saturated heterocycles. The van der Waals surface area contributed by atoms with Gasteiger partial charge in [0.25, 0.3) is 5.91 Å². The van der Waals surface area contributed by atoms with Gasteiger partial charge in [0.05, 0.1) is 11.5 Å². The summed E-state index contributed by atoms with van der Waals surface area (Å²) in [4.78, 5) is 14.8. The van der Waals surface area contributed by atoms with Gasteiger partial charge in [-0.15, -0.1) is 0 Å². The summed E-state index contributed by atoms with van der Waals surface area (Å²) in [5.41, 5.74) is 4.28. The van der Waals surface area contributed by atoms with Crippen LogP contribution in [0.1, 0.15) is 37.7 Å². The molecule has 34 heavy (non-hydrogen) atoms. The van der Waals surface area contributed by atoms with Gasteiger partial charge in [-0.3, -0.25) is 10.0 Å². The number of para-hydroxylation sites is 1. The van der Waals surface area contributed by atoms with E-state index in [1.807, 2.05) is 0 Å². The highest BCUT2D eigenvalue weighted by atomic mass is 32.2. The highest BCUT2D eigenvalue weighted by molar-refractivity contribution is 7.93. The number of hydrogen-bond acceptors (Lipinski definition) is 7. The molecule has 0 bridgehead atoms. The third kappa shape index (κ3) is 4.92. The number of sulfone groups is 1. The van der Waals surface area contributed by atoms with Crippen molar-refractivity contribution in [1.82, 2.24) is 5.48 Å². The minimum absolute atomic E-state index is 0.0124. The molecule has 4 rings (SSSR count). The molecular weight excluding hydrogens is 456 g/mol. The maximum absolute atomic E-state index is 13.3. The highest BCUT2D eigenvalue weighted by Crippen LogP contribution is 2.36. The SMILES string of the molecule is O=C(NO)C1(S(=O)(=O)c2ccc(OCCCCN3CCCc4ccccc43)cc2)CCOCC1. The zero-order chi connectivity index (χ0) is 24.0. The van der Waals surface area contributed by atoms with Crippen molar-refractivity contribution in [3.63, 3.8) is 0 Å². The van der Waals surface area contributed by atoms with Crippen LogP contribution in [0.15, 0.2) is 53.4 Å². The van der Waals surface area contributed by atoms with Gasteiger partial charge in [0.1, 0.15) is 5.75 Å². The van der Waals surface area contributed by atoms with E-state index in [4.69, 9.17) is 14.7 Å². The van der Waals surface area contributed by atoms with E-state index in [1.54, 1.807) is 12.1 Å². The first-order chi connectivity index (χ1) is 16.5. The third-order valence-electron chi connectivity index (χ3n) is 6.76. The lowest BCUT2D eigenvalue weighted by molar-refractivity contribution is -0.134. The number of benzene rings is 2. The van der Waals surface area contributed by atoms with Crippen molar-refractivity contribution in [2.75, 3.05) is 37.8 Å². The van der Waals surface area contributed by atoms with Crippen LogP contribution in [-0.2, 0) is 25.8 Å². The van der Waals surface area contributed by atoms with Crippen LogP contribution < -0.4 is 15.1 Å². The lowest BCUT2D eigenvalue weighted by Crippen LogP contribution is -2.54. The first-order valence-electron chi connectivity index (χ1n) is 11.8. The van der Waals surface area contributed by atoms with Gasteiger partial charge < -0.3 is 14.4 Å². The number of amides is 1. The van der Waals surface area contributed by atoms with Crippen LogP contribution >= 0.6 is 0 Å². The topological polar surface area (TPSA) is 105 Å². The molecule has 0 aromatic heterocycles. The molecule has 2 aromatic rings. The van der Waals surface area contributed by atoms with E-state index in [2.05, 4.69) is 29.2 Å². The molecular formula is C25H32N2O6S. The number of aryl methyl sites for hydroxylation is 1. The number of hydroxylamine groups is 1. The zero-order valence-corrected chi connectivity index (χ0v) is 20.1. The average Bonchev–Trinajstić information content (AvgIpc) is 2.88. The highest BCUT2D eigenvalue weighted by Gasteiger charge is 2.52. The molecule has 2 aliphatic heterocycles. The molecule has 9 heteroatoms. The molecule has 8 nitrogen and oxygen atoms in total. The van der Waals surface area contributed by atoms with Gasteiger partial charge in [-0.1, -0.05) is 18.2 Å². The maximum Gasteiger partial charge on any atom is 0.265 e. The molecule has 2 aliphatic rings. The predicted molar refractivity (Wildman–Crippen MR) is 128 cm³/mol. The third-order valence-corrected chi connectivity index (χ3v) is 9.28. The number of carbonyl (C=O) groups excluding carboxylic acids is 1. The minimum atomic E-state index is -4.03. The summed E-state index contributed by atoms with van der Waals surface area (Å²) in [6.45, 7) is 2.87. The smallest absolute Gasteiger partial charge is 0.265 e. The number of anilines is 1. The van der Waals surface area contributed by atoms with E-state index < -0.39 is 20.5 Å². The van der Waals surface area contributed by atoms with E-state index in [0.717, 1.165) is 32.4 Å². The molecule has 0 radical (unpaired) electrons. The summed E-state index contributed by atoms with van der Waals surface area (Å²) in [5.74, 6) is -0.345. The van der Waals surface area contributed by atoms with Crippen molar-refractivity contribution in [3.8, 4) is 5.75 Å². The second-order valence-corrected chi connectivity index (χ2v) is 11.1. The number of unbranched alkanes of at least 4 members (excludes halogenated alkanes) is 1. The fourth-order valence-electron chi connectivity index (χ4n) is 4.80. The Bertz CT molecular complexity index is 1080. The van der Waals surface area contributed by atoms with Crippen LogP contribution in [0.4, 0.5) is 5.69 Å². The molecule has 2 N–H and O–H groups in total. The Morgan fingerprint density at radius 3 is 2.56 bits per heavy atom. The van der Waals surface area contributed by atoms with Gasteiger partial charge >= 0.3 is 0 Å². The number of rotatable bonds is 9. The van der Waals surface area contributed by atoms with Crippen LogP contribution in [-0.4, -0.2) is 57.2 Å². The van der Waals surface area contributed by atoms with E-state index in [1.165, 1.54) is 35.3 Å². The molecule has 184 valence electrons.